The molecule has 5 heteroatoms. The summed E-state index contributed by atoms with van der Waals surface area (Å²) in [7, 11) is 1.93. The molecule has 1 heterocycles. The molecule has 2 rings (SSSR count). The summed E-state index contributed by atoms with van der Waals surface area (Å²) in [4.78, 5) is 12.1. The number of nitrogens with two attached hydrogens (primary N) is 1. The van der Waals surface area contributed by atoms with E-state index in [0.29, 0.717) is 5.75 Å². The summed E-state index contributed by atoms with van der Waals surface area (Å²) in [5.41, 5.74) is 0.748. The quantitative estimate of drug-likeness (QED) is 0.809. The summed E-state index contributed by atoms with van der Waals surface area (Å²) in [5.74, 6) is 1.45. The van der Waals surface area contributed by atoms with Crippen LogP contribution in [0.25, 0.3) is 0 Å². The summed E-state index contributed by atoms with van der Waals surface area (Å²) in [5, 5.41) is 4.88. The van der Waals surface area contributed by atoms with Gasteiger partial charge in [-0.25, -0.2) is 0 Å². The Hall–Kier alpha value is -1.75. The molecule has 1 amide bonds. The van der Waals surface area contributed by atoms with Crippen LogP contribution in [-0.4, -0.2) is 25.8 Å². The van der Waals surface area contributed by atoms with Crippen molar-refractivity contribution < 1.29 is 19.6 Å². The minimum absolute atomic E-state index is 0.0367. The molecule has 0 fully saturated rings. The van der Waals surface area contributed by atoms with E-state index in [4.69, 9.17) is 9.47 Å². The van der Waals surface area contributed by atoms with E-state index < -0.39 is 0 Å². The topological polar surface area (TPSA) is 64.2 Å². The predicted molar refractivity (Wildman–Crippen MR) is 72.4 cm³/mol. The highest BCUT2D eigenvalue weighted by Gasteiger charge is 2.20. The van der Waals surface area contributed by atoms with Crippen molar-refractivity contribution in [2.45, 2.75) is 32.2 Å². The summed E-state index contributed by atoms with van der Waals surface area (Å²) >= 11 is 0. The lowest BCUT2D eigenvalue weighted by molar-refractivity contribution is -0.650. The summed E-state index contributed by atoms with van der Waals surface area (Å²) < 4.78 is 10.5. The number of quaternary nitrogens is 1. The van der Waals surface area contributed by atoms with Crippen LogP contribution in [0.2, 0.25) is 0 Å². The lowest BCUT2D eigenvalue weighted by atomic mass is 10.1. The Morgan fingerprint density at radius 2 is 2.21 bits per heavy atom. The average molecular weight is 265 g/mol. The van der Waals surface area contributed by atoms with E-state index in [1.54, 1.807) is 6.07 Å². The van der Waals surface area contributed by atoms with Gasteiger partial charge in [0, 0.05) is 18.2 Å². The molecule has 0 radical (unpaired) electrons. The molecule has 0 saturated carbocycles. The first-order chi connectivity index (χ1) is 9.24. The number of anilines is 1. The number of carbonyl (C=O) groups excluding carboxylic acids is 1. The van der Waals surface area contributed by atoms with Gasteiger partial charge in [-0.15, -0.1) is 0 Å². The smallest absolute Gasteiger partial charge is 0.282 e. The van der Waals surface area contributed by atoms with E-state index in [1.807, 2.05) is 24.5 Å². The first-order valence-corrected chi connectivity index (χ1v) is 6.74. The molecule has 3 N–H and O–H groups in total. The van der Waals surface area contributed by atoms with E-state index in [9.17, 15) is 4.79 Å². The van der Waals surface area contributed by atoms with Gasteiger partial charge in [-0.3, -0.25) is 4.79 Å². The third-order valence-corrected chi connectivity index (χ3v) is 3.25. The van der Waals surface area contributed by atoms with Crippen molar-refractivity contribution in [3.8, 4) is 11.5 Å². The number of hydrogen-bond acceptors (Lipinski definition) is 3. The minimum atomic E-state index is -0.0367. The molecule has 1 unspecified atom stereocenters. The fourth-order valence-corrected chi connectivity index (χ4v) is 2.08. The van der Waals surface area contributed by atoms with Gasteiger partial charge in [0.05, 0.1) is 7.05 Å². The molecule has 0 spiro atoms. The molecule has 0 aliphatic carbocycles. The zero-order valence-electron chi connectivity index (χ0n) is 11.4. The van der Waals surface area contributed by atoms with E-state index in [0.717, 1.165) is 30.7 Å². The minimum Gasteiger partial charge on any atom is -0.454 e. The van der Waals surface area contributed by atoms with Gasteiger partial charge in [-0.2, -0.15) is 0 Å². The Bertz CT molecular complexity index is 448. The van der Waals surface area contributed by atoms with Gasteiger partial charge in [0.1, 0.15) is 0 Å². The van der Waals surface area contributed by atoms with Gasteiger partial charge in [-0.1, -0.05) is 13.3 Å². The lowest BCUT2D eigenvalue weighted by Gasteiger charge is -2.13. The first kappa shape index (κ1) is 13.7. The van der Waals surface area contributed by atoms with E-state index in [1.165, 1.54) is 0 Å². The predicted octanol–water partition coefficient (Wildman–Crippen LogP) is 1.11. The lowest BCUT2D eigenvalue weighted by Crippen LogP contribution is -2.88. The molecule has 104 valence electrons. The van der Waals surface area contributed by atoms with E-state index in [-0.39, 0.29) is 18.7 Å². The molecule has 1 aromatic carbocycles. The third kappa shape index (κ3) is 3.38. The van der Waals surface area contributed by atoms with Crippen LogP contribution in [0.4, 0.5) is 5.69 Å². The maximum absolute atomic E-state index is 12.1. The van der Waals surface area contributed by atoms with Crippen LogP contribution < -0.4 is 20.1 Å². The van der Waals surface area contributed by atoms with Gasteiger partial charge < -0.3 is 20.1 Å². The Labute approximate surface area is 113 Å². The molecule has 0 saturated heterocycles. The highest BCUT2D eigenvalue weighted by Crippen LogP contribution is 2.34. The molecule has 0 aromatic heterocycles. The molecule has 1 aliphatic rings. The Kier molecular flexibility index (Phi) is 4.63. The van der Waals surface area contributed by atoms with Crippen molar-refractivity contribution in [1.82, 2.24) is 0 Å². The van der Waals surface area contributed by atoms with Crippen molar-refractivity contribution in [2.75, 3.05) is 19.2 Å². The van der Waals surface area contributed by atoms with Crippen molar-refractivity contribution in [3.63, 3.8) is 0 Å². The fourth-order valence-electron chi connectivity index (χ4n) is 2.08. The Morgan fingerprint density at radius 3 is 2.95 bits per heavy atom. The van der Waals surface area contributed by atoms with Gasteiger partial charge in [0.15, 0.2) is 17.5 Å². The van der Waals surface area contributed by atoms with Crippen molar-refractivity contribution in [2.24, 2.45) is 0 Å². The number of likely N-dealkylation sites (N-methyl/N-ethyl adjacent to an activating group) is 1. The van der Waals surface area contributed by atoms with E-state index in [2.05, 4.69) is 12.2 Å². The number of hydrogen-bond donors (Lipinski definition) is 2. The largest absolute Gasteiger partial charge is 0.454 e. The van der Waals surface area contributed by atoms with Gasteiger partial charge >= 0.3 is 0 Å². The number of carbonyl (C=O) groups is 1. The first-order valence-electron chi connectivity index (χ1n) is 6.74. The second-order valence-corrected chi connectivity index (χ2v) is 4.64. The van der Waals surface area contributed by atoms with Crippen LogP contribution in [0.15, 0.2) is 18.2 Å². The maximum Gasteiger partial charge on any atom is 0.282 e. The van der Waals surface area contributed by atoms with Crippen LogP contribution >= 0.6 is 0 Å². The summed E-state index contributed by atoms with van der Waals surface area (Å²) in [6.07, 6.45) is 3.05. The Balaban J connectivity index is 1.97. The highest BCUT2D eigenvalue weighted by molar-refractivity contribution is 5.94. The standard InChI is InChI=1S/C14H20N2O3/c1-3-4-5-11(15-2)14(17)16-10-6-7-12-13(8-10)19-9-18-12/h6-8,11,15H,3-5,9H2,1-2H3,(H,16,17)/p+1. The van der Waals surface area contributed by atoms with Crippen LogP contribution in [-0.2, 0) is 4.79 Å². The van der Waals surface area contributed by atoms with Crippen LogP contribution in [0.3, 0.4) is 0 Å². The Morgan fingerprint density at radius 1 is 1.42 bits per heavy atom. The molecular weight excluding hydrogens is 244 g/mol. The fraction of sp³-hybridized carbons (Fsp3) is 0.500. The zero-order chi connectivity index (χ0) is 13.7. The molecule has 1 aromatic rings. The maximum atomic E-state index is 12.1. The average Bonchev–Trinajstić information content (AvgIpc) is 2.87. The normalized spacial score (nSPS) is 14.2. The van der Waals surface area contributed by atoms with Gasteiger partial charge in [-0.05, 0) is 18.6 Å². The monoisotopic (exact) mass is 265 g/mol. The number of amides is 1. The SMILES string of the molecule is CCCCC([NH2+]C)C(=O)Nc1ccc2c(c1)OCO2. The van der Waals surface area contributed by atoms with Crippen molar-refractivity contribution >= 4 is 11.6 Å². The van der Waals surface area contributed by atoms with Gasteiger partial charge in [0.2, 0.25) is 6.79 Å². The molecular formula is C14H21N2O3+. The third-order valence-electron chi connectivity index (χ3n) is 3.25. The molecule has 0 bridgehead atoms. The van der Waals surface area contributed by atoms with E-state index >= 15 is 0 Å². The second kappa shape index (κ2) is 6.43. The molecule has 5 nitrogen and oxygen atoms in total. The summed E-state index contributed by atoms with van der Waals surface area (Å²) in [6.45, 7) is 2.37. The molecule has 1 atom stereocenters. The number of fused-ring (bicyclic) bond motifs is 1. The van der Waals surface area contributed by atoms with Gasteiger partial charge in [0.25, 0.3) is 5.91 Å². The number of ether oxygens (including phenoxy) is 2. The molecule has 1 aliphatic heterocycles. The summed E-state index contributed by atoms with van der Waals surface area (Å²) in [6, 6.07) is 5.41. The van der Waals surface area contributed by atoms with Crippen LogP contribution in [0.1, 0.15) is 26.2 Å². The zero-order valence-corrected chi connectivity index (χ0v) is 11.4. The van der Waals surface area contributed by atoms with Crippen LogP contribution in [0.5, 0.6) is 11.5 Å². The number of nitrogens with one attached hydrogen (secondary N) is 1. The molecule has 19 heavy (non-hydrogen) atoms. The van der Waals surface area contributed by atoms with Crippen LogP contribution in [0, 0.1) is 0 Å². The van der Waals surface area contributed by atoms with Crippen molar-refractivity contribution in [1.29, 1.82) is 0 Å². The second-order valence-electron chi connectivity index (χ2n) is 4.64. The van der Waals surface area contributed by atoms with Crippen molar-refractivity contribution in [3.05, 3.63) is 18.2 Å². The number of benzene rings is 1. The number of rotatable bonds is 6. The number of unbranched alkanes of at least 4 members (excludes halogenated alkanes) is 1. The highest BCUT2D eigenvalue weighted by atomic mass is 16.7.